The van der Waals surface area contributed by atoms with Gasteiger partial charge in [-0.3, -0.25) is 4.39 Å². The molecular formula is C37H53FO2. The summed E-state index contributed by atoms with van der Waals surface area (Å²) >= 11 is 0. The summed E-state index contributed by atoms with van der Waals surface area (Å²) in [6, 6.07) is 16.5. The van der Waals surface area contributed by atoms with Gasteiger partial charge in [0.1, 0.15) is 0 Å². The first-order valence-corrected chi connectivity index (χ1v) is 16.1. The van der Waals surface area contributed by atoms with Crippen molar-refractivity contribution in [3.8, 4) is 11.1 Å². The van der Waals surface area contributed by atoms with E-state index in [1.165, 1.54) is 79.2 Å². The molecule has 0 atom stereocenters. The Kier molecular flexibility index (Phi) is 12.8. The van der Waals surface area contributed by atoms with E-state index in [1.807, 2.05) is 0 Å². The Morgan fingerprint density at radius 2 is 1.45 bits per heavy atom. The Bertz CT molecular complexity index is 1010. The molecule has 0 spiro atoms. The van der Waals surface area contributed by atoms with Gasteiger partial charge in [0.25, 0.3) is 0 Å². The van der Waals surface area contributed by atoms with Gasteiger partial charge in [-0.1, -0.05) is 67.5 Å². The predicted octanol–water partition coefficient (Wildman–Crippen LogP) is 9.63. The van der Waals surface area contributed by atoms with Gasteiger partial charge in [0.05, 0.1) is 13.3 Å². The van der Waals surface area contributed by atoms with Gasteiger partial charge in [-0.25, -0.2) is 0 Å². The second kappa shape index (κ2) is 16.5. The average molecular weight is 549 g/mol. The molecule has 2 saturated carbocycles. The third kappa shape index (κ3) is 9.28. The summed E-state index contributed by atoms with van der Waals surface area (Å²) in [5.41, 5.74) is 7.79. The summed E-state index contributed by atoms with van der Waals surface area (Å²) in [6.07, 6.45) is 17.6. The Morgan fingerprint density at radius 1 is 0.825 bits per heavy atom. The fourth-order valence-electron chi connectivity index (χ4n) is 7.45. The van der Waals surface area contributed by atoms with E-state index in [0.29, 0.717) is 5.92 Å². The van der Waals surface area contributed by atoms with E-state index >= 15 is 0 Å². The van der Waals surface area contributed by atoms with Gasteiger partial charge in [-0.2, -0.15) is 0 Å². The number of halogens is 1. The smallest absolute Gasteiger partial charge is 0.0894 e. The van der Waals surface area contributed by atoms with Gasteiger partial charge in [0.2, 0.25) is 0 Å². The van der Waals surface area contributed by atoms with Gasteiger partial charge in [-0.05, 0) is 135 Å². The van der Waals surface area contributed by atoms with E-state index in [1.54, 1.807) is 7.11 Å². The van der Waals surface area contributed by atoms with Gasteiger partial charge in [0.15, 0.2) is 0 Å². The molecule has 0 radical (unpaired) electrons. The first-order valence-electron chi connectivity index (χ1n) is 16.1. The number of hydrogen-bond acceptors (Lipinski definition) is 2. The second-order valence-electron chi connectivity index (χ2n) is 12.7. The third-order valence-corrected chi connectivity index (χ3v) is 9.88. The van der Waals surface area contributed by atoms with Crippen LogP contribution < -0.4 is 0 Å². The van der Waals surface area contributed by atoms with Crippen LogP contribution in [0.5, 0.6) is 0 Å². The van der Waals surface area contributed by atoms with Crippen LogP contribution in [0, 0.1) is 17.8 Å². The van der Waals surface area contributed by atoms with E-state index < -0.39 is 0 Å². The van der Waals surface area contributed by atoms with Crippen molar-refractivity contribution >= 4 is 0 Å². The second-order valence-corrected chi connectivity index (χ2v) is 12.7. The Hall–Kier alpha value is -1.97. The lowest BCUT2D eigenvalue weighted by Gasteiger charge is -2.38. The van der Waals surface area contributed by atoms with Crippen molar-refractivity contribution in [1.82, 2.24) is 0 Å². The average Bonchev–Trinajstić information content (AvgIpc) is 3.00. The number of alkyl halides is 1. The maximum atomic E-state index is 12.5. The zero-order chi connectivity index (χ0) is 28.2. The molecule has 0 heterocycles. The van der Waals surface area contributed by atoms with E-state index in [4.69, 9.17) is 4.74 Å². The summed E-state index contributed by atoms with van der Waals surface area (Å²) in [5, 5.41) is 9.29. The normalized spacial score (nSPS) is 23.3. The Morgan fingerprint density at radius 3 is 2.05 bits per heavy atom. The van der Waals surface area contributed by atoms with Crippen LogP contribution in [0.1, 0.15) is 106 Å². The Balaban J connectivity index is 1.34. The largest absolute Gasteiger partial charge is 0.392 e. The molecule has 40 heavy (non-hydrogen) atoms. The molecule has 1 N–H and O–H groups in total. The highest BCUT2D eigenvalue weighted by Gasteiger charge is 2.31. The van der Waals surface area contributed by atoms with Crippen LogP contribution in [0.2, 0.25) is 0 Å². The van der Waals surface area contributed by atoms with Gasteiger partial charge in [-0.15, -0.1) is 0 Å². The summed E-state index contributed by atoms with van der Waals surface area (Å²) in [4.78, 5) is 0. The van der Waals surface area contributed by atoms with Crippen LogP contribution in [-0.4, -0.2) is 32.1 Å². The van der Waals surface area contributed by atoms with Crippen LogP contribution in [0.15, 0.2) is 54.6 Å². The molecule has 2 aliphatic rings. The quantitative estimate of drug-likeness (QED) is 0.177. The molecule has 3 heteroatoms. The van der Waals surface area contributed by atoms with Crippen molar-refractivity contribution in [2.45, 2.75) is 102 Å². The van der Waals surface area contributed by atoms with Gasteiger partial charge < -0.3 is 9.84 Å². The monoisotopic (exact) mass is 548 g/mol. The zero-order valence-corrected chi connectivity index (χ0v) is 25.0. The van der Waals surface area contributed by atoms with E-state index in [0.717, 1.165) is 74.9 Å². The number of methoxy groups -OCH3 is 1. The summed E-state index contributed by atoms with van der Waals surface area (Å²) in [7, 11) is 1.77. The van der Waals surface area contributed by atoms with Crippen LogP contribution in [-0.2, 0) is 17.6 Å². The van der Waals surface area contributed by atoms with Crippen LogP contribution in [0.25, 0.3) is 11.1 Å². The fourth-order valence-corrected chi connectivity index (χ4v) is 7.45. The molecule has 4 rings (SSSR count). The molecule has 0 bridgehead atoms. The number of ether oxygens (including phenoxy) is 1. The lowest BCUT2D eigenvalue weighted by atomic mass is 9.68. The van der Waals surface area contributed by atoms with Crippen molar-refractivity contribution in [3.63, 3.8) is 0 Å². The zero-order valence-electron chi connectivity index (χ0n) is 25.0. The number of aliphatic hydroxyl groups excluding tert-OH is 1. The Labute approximate surface area is 243 Å². The lowest BCUT2D eigenvalue weighted by Crippen LogP contribution is -2.25. The molecule has 2 aliphatic carbocycles. The lowest BCUT2D eigenvalue weighted by molar-refractivity contribution is 0.155. The highest BCUT2D eigenvalue weighted by molar-refractivity contribution is 5.65. The number of aliphatic hydroxyl groups is 1. The van der Waals surface area contributed by atoms with E-state index in [-0.39, 0.29) is 13.3 Å². The molecule has 220 valence electrons. The first kappa shape index (κ1) is 31.0. The van der Waals surface area contributed by atoms with Crippen molar-refractivity contribution < 1.29 is 14.2 Å². The number of benzene rings is 2. The summed E-state index contributed by atoms with van der Waals surface area (Å²) in [5.74, 6) is 3.31. The maximum Gasteiger partial charge on any atom is 0.0894 e. The van der Waals surface area contributed by atoms with E-state index in [9.17, 15) is 9.50 Å². The van der Waals surface area contributed by atoms with Crippen LogP contribution in [0.4, 0.5) is 4.39 Å². The molecule has 0 amide bonds. The highest BCUT2D eigenvalue weighted by Crippen LogP contribution is 2.44. The molecular weight excluding hydrogens is 495 g/mol. The molecule has 2 fully saturated rings. The van der Waals surface area contributed by atoms with Crippen LogP contribution >= 0.6 is 0 Å². The first-order chi connectivity index (χ1) is 19.6. The maximum absolute atomic E-state index is 12.5. The van der Waals surface area contributed by atoms with E-state index in [2.05, 4.69) is 49.0 Å². The van der Waals surface area contributed by atoms with Crippen molar-refractivity contribution in [3.05, 3.63) is 71.3 Å². The number of aryl methyl sites for hydroxylation is 2. The van der Waals surface area contributed by atoms with Crippen LogP contribution in [0.3, 0.4) is 0 Å². The molecule has 0 aliphatic heterocycles. The fraction of sp³-hybridized carbons (Fsp3) is 0.622. The van der Waals surface area contributed by atoms with Crippen molar-refractivity contribution in [2.75, 3.05) is 27.0 Å². The molecule has 2 aromatic carbocycles. The predicted molar refractivity (Wildman–Crippen MR) is 167 cm³/mol. The minimum Gasteiger partial charge on any atom is -0.392 e. The van der Waals surface area contributed by atoms with Crippen molar-refractivity contribution in [2.24, 2.45) is 17.8 Å². The summed E-state index contributed by atoms with van der Waals surface area (Å²) < 4.78 is 17.8. The molecule has 0 aromatic heterocycles. The molecule has 0 saturated heterocycles. The topological polar surface area (TPSA) is 29.5 Å². The van der Waals surface area contributed by atoms with Gasteiger partial charge in [0, 0.05) is 13.7 Å². The van der Waals surface area contributed by atoms with Gasteiger partial charge >= 0.3 is 0 Å². The summed E-state index contributed by atoms with van der Waals surface area (Å²) in [6.45, 7) is 4.68. The highest BCUT2D eigenvalue weighted by atomic mass is 19.1. The SMILES string of the molecule is C=C(CO)CCCc1cc(CCCOC)cc(-c2ccc(C3CCC(C4CCC(CCCF)CC4)CC3)cc2)c1. The minimum atomic E-state index is -0.143. The standard InChI is InChI=1S/C37H53FO2/c1-28(27-39)6-3-7-30-24-31(9-5-23-40-2)26-37(25-30)36-20-18-35(19-21-36)34-16-14-33(15-17-34)32-12-10-29(11-13-32)8-4-22-38/h18-21,24-26,29,32-34,39H,1,3-17,22-23,27H2,2H3. The molecule has 0 unspecified atom stereocenters. The van der Waals surface area contributed by atoms with Crippen molar-refractivity contribution in [1.29, 1.82) is 0 Å². The minimum absolute atomic E-state index is 0.0833. The molecule has 2 nitrogen and oxygen atoms in total. The molecule has 2 aromatic rings. The third-order valence-electron chi connectivity index (χ3n) is 9.88. The number of rotatable bonds is 15. The number of hydrogen-bond donors (Lipinski definition) is 1.